The lowest BCUT2D eigenvalue weighted by Gasteiger charge is -2.09. The van der Waals surface area contributed by atoms with Gasteiger partial charge in [0, 0.05) is 40.5 Å². The van der Waals surface area contributed by atoms with Crippen LogP contribution in [0.5, 0.6) is 0 Å². The number of nitrogens with one attached hydrogen (secondary N) is 2. The predicted molar refractivity (Wildman–Crippen MR) is 76.1 cm³/mol. The molecule has 0 amide bonds. The van der Waals surface area contributed by atoms with Crippen LogP contribution in [0.25, 0.3) is 0 Å². The van der Waals surface area contributed by atoms with Gasteiger partial charge in [-0.2, -0.15) is 0 Å². The van der Waals surface area contributed by atoms with Crippen LogP contribution in [-0.2, 0) is 9.47 Å². The summed E-state index contributed by atoms with van der Waals surface area (Å²) in [6.45, 7) is 2.61. The summed E-state index contributed by atoms with van der Waals surface area (Å²) in [5.74, 6) is -0.0512. The Morgan fingerprint density at radius 2 is 1.65 bits per heavy atom. The van der Waals surface area contributed by atoms with Gasteiger partial charge in [0.05, 0.1) is 0 Å². The normalized spacial score (nSPS) is 14.5. The summed E-state index contributed by atoms with van der Waals surface area (Å²) in [5.41, 5.74) is 0.932. The van der Waals surface area contributed by atoms with E-state index in [0.717, 1.165) is 12.8 Å². The second kappa shape index (κ2) is 9.20. The predicted octanol–water partition coefficient (Wildman–Crippen LogP) is 1.15. The van der Waals surface area contributed by atoms with E-state index in [2.05, 4.69) is 16.7 Å². The average Bonchev–Trinajstić information content (AvgIpc) is 2.43. The number of ether oxygens (including phenoxy) is 2. The standard InChI is InChI=1S/C14H22N2O4/c1-19-7-3-5-15-11-9-12(14(18)10-13(11)17)16-6-4-8-20-2/h10,15-16H,3-8H2,1-2H3,(H-,17,18)/p+1. The smallest absolute Gasteiger partial charge is 0.259 e. The van der Waals surface area contributed by atoms with Crippen LogP contribution < -0.4 is 10.6 Å². The fraction of sp³-hybridized carbons (Fsp3) is 0.571. The molecule has 0 heterocycles. The Hall–Kier alpha value is -1.75. The molecule has 0 aromatic rings. The minimum Gasteiger partial charge on any atom is -0.446 e. The summed E-state index contributed by atoms with van der Waals surface area (Å²) in [5, 5.41) is 25.6. The van der Waals surface area contributed by atoms with Crippen molar-refractivity contribution in [2.24, 2.45) is 0 Å². The van der Waals surface area contributed by atoms with Gasteiger partial charge in [-0.1, -0.05) is 0 Å². The van der Waals surface area contributed by atoms with Crippen molar-refractivity contribution in [1.29, 1.82) is 0 Å². The lowest BCUT2D eigenvalue weighted by atomic mass is 10.1. The Kier molecular flexibility index (Phi) is 7.50. The van der Waals surface area contributed by atoms with Gasteiger partial charge in [0.2, 0.25) is 11.4 Å². The van der Waals surface area contributed by atoms with Crippen LogP contribution >= 0.6 is 0 Å². The molecule has 4 N–H and O–H groups in total. The molecule has 6 heteroatoms. The third-order valence-corrected chi connectivity index (χ3v) is 2.69. The van der Waals surface area contributed by atoms with Crippen LogP contribution in [0.15, 0.2) is 29.0 Å². The quantitative estimate of drug-likeness (QED) is 0.356. The molecule has 0 spiro atoms. The first-order valence-corrected chi connectivity index (χ1v) is 6.63. The van der Waals surface area contributed by atoms with E-state index in [1.54, 1.807) is 14.2 Å². The molecule has 112 valence electrons. The van der Waals surface area contributed by atoms with Gasteiger partial charge in [-0.25, -0.2) is 0 Å². The second-order valence-corrected chi connectivity index (χ2v) is 4.34. The maximum absolute atomic E-state index is 9.75. The first kappa shape index (κ1) is 16.3. The lowest BCUT2D eigenvalue weighted by molar-refractivity contribution is 0.194. The molecule has 0 saturated heterocycles. The van der Waals surface area contributed by atoms with E-state index >= 15 is 0 Å². The van der Waals surface area contributed by atoms with Gasteiger partial charge in [0.25, 0.3) is 11.5 Å². The van der Waals surface area contributed by atoms with Gasteiger partial charge in [0.1, 0.15) is 12.2 Å². The van der Waals surface area contributed by atoms with Crippen LogP contribution in [0, 0.1) is 6.08 Å². The van der Waals surface area contributed by atoms with Crippen molar-refractivity contribution < 1.29 is 19.7 Å². The van der Waals surface area contributed by atoms with Crippen molar-refractivity contribution in [1.82, 2.24) is 10.6 Å². The molecule has 0 atom stereocenters. The number of rotatable bonds is 10. The highest BCUT2D eigenvalue weighted by Crippen LogP contribution is 2.16. The van der Waals surface area contributed by atoms with E-state index in [9.17, 15) is 10.2 Å². The van der Waals surface area contributed by atoms with E-state index in [1.165, 1.54) is 6.08 Å². The van der Waals surface area contributed by atoms with Crippen molar-refractivity contribution in [3.63, 3.8) is 0 Å². The van der Waals surface area contributed by atoms with Gasteiger partial charge < -0.3 is 30.3 Å². The fourth-order valence-corrected chi connectivity index (χ4v) is 1.66. The number of allylic oxidation sites excluding steroid dienone is 2. The molecule has 1 aliphatic carbocycles. The zero-order valence-corrected chi connectivity index (χ0v) is 12.0. The Morgan fingerprint density at radius 1 is 1.05 bits per heavy atom. The summed E-state index contributed by atoms with van der Waals surface area (Å²) < 4.78 is 9.90. The van der Waals surface area contributed by atoms with E-state index < -0.39 is 0 Å². The van der Waals surface area contributed by atoms with E-state index in [0.29, 0.717) is 37.7 Å². The topological polar surface area (TPSA) is 83.0 Å². The fourth-order valence-electron chi connectivity index (χ4n) is 1.66. The van der Waals surface area contributed by atoms with Gasteiger partial charge in [0.15, 0.2) is 0 Å². The summed E-state index contributed by atoms with van der Waals surface area (Å²) in [6, 6.07) is 0. The van der Waals surface area contributed by atoms with Crippen LogP contribution in [0.3, 0.4) is 0 Å². The highest BCUT2D eigenvalue weighted by Gasteiger charge is 2.25. The molecule has 0 bridgehead atoms. The van der Waals surface area contributed by atoms with Crippen molar-refractivity contribution >= 4 is 0 Å². The Morgan fingerprint density at radius 3 is 2.25 bits per heavy atom. The van der Waals surface area contributed by atoms with E-state index in [4.69, 9.17) is 9.47 Å². The van der Waals surface area contributed by atoms with Gasteiger partial charge in [-0.3, -0.25) is 0 Å². The highest BCUT2D eigenvalue weighted by molar-refractivity contribution is 5.39. The lowest BCUT2D eigenvalue weighted by Crippen LogP contribution is -2.24. The van der Waals surface area contributed by atoms with Crippen LogP contribution in [0.1, 0.15) is 12.8 Å². The molecule has 1 aliphatic rings. The first-order chi connectivity index (χ1) is 9.69. The molecule has 0 fully saturated rings. The summed E-state index contributed by atoms with van der Waals surface area (Å²) in [6.07, 6.45) is 5.87. The highest BCUT2D eigenvalue weighted by atomic mass is 16.5. The number of aliphatic hydroxyl groups is 2. The minimum absolute atomic E-state index is 0.0256. The number of hydrogen-bond acceptors (Lipinski definition) is 6. The number of methoxy groups -OCH3 is 2. The Balaban J connectivity index is 2.51. The molecule has 20 heavy (non-hydrogen) atoms. The molecule has 0 radical (unpaired) electrons. The largest absolute Gasteiger partial charge is 0.446 e. The molecular weight excluding hydrogens is 260 g/mol. The number of aliphatic hydroxyl groups excluding tert-OH is 2. The van der Waals surface area contributed by atoms with E-state index in [-0.39, 0.29) is 11.5 Å². The van der Waals surface area contributed by atoms with Gasteiger partial charge in [-0.15, -0.1) is 0 Å². The van der Waals surface area contributed by atoms with Crippen molar-refractivity contribution in [2.75, 3.05) is 40.5 Å². The van der Waals surface area contributed by atoms with Crippen molar-refractivity contribution in [3.8, 4) is 0 Å². The summed E-state index contributed by atoms with van der Waals surface area (Å²) in [7, 11) is 3.29. The molecule has 0 aromatic carbocycles. The molecule has 0 unspecified atom stereocenters. The van der Waals surface area contributed by atoms with Crippen LogP contribution in [-0.4, -0.2) is 50.7 Å². The Bertz CT molecular complexity index is 389. The van der Waals surface area contributed by atoms with Crippen LogP contribution in [0.4, 0.5) is 0 Å². The molecule has 1 rings (SSSR count). The molecule has 0 saturated carbocycles. The maximum atomic E-state index is 9.75. The zero-order chi connectivity index (χ0) is 14.8. The number of hydrogen-bond donors (Lipinski definition) is 4. The molecule has 0 aliphatic heterocycles. The van der Waals surface area contributed by atoms with Gasteiger partial charge in [-0.05, 0) is 12.8 Å². The average molecular weight is 283 g/mol. The second-order valence-electron chi connectivity index (χ2n) is 4.34. The van der Waals surface area contributed by atoms with E-state index in [1.807, 2.05) is 0 Å². The Labute approximate surface area is 119 Å². The zero-order valence-electron chi connectivity index (χ0n) is 12.0. The molecule has 6 nitrogen and oxygen atoms in total. The molecular formula is C14H23N2O4+. The monoisotopic (exact) mass is 283 g/mol. The summed E-state index contributed by atoms with van der Waals surface area (Å²) in [4.78, 5) is 0. The maximum Gasteiger partial charge on any atom is 0.259 e. The third kappa shape index (κ3) is 5.48. The summed E-state index contributed by atoms with van der Waals surface area (Å²) >= 11 is 0. The van der Waals surface area contributed by atoms with Crippen molar-refractivity contribution in [2.45, 2.75) is 12.8 Å². The van der Waals surface area contributed by atoms with Crippen LogP contribution in [0.2, 0.25) is 0 Å². The minimum atomic E-state index is -0.0256. The molecule has 0 aromatic heterocycles. The first-order valence-electron chi connectivity index (χ1n) is 6.63. The van der Waals surface area contributed by atoms with Crippen molar-refractivity contribution in [3.05, 3.63) is 35.1 Å². The SMILES string of the molecule is COCCCNC1=[C+]C(NCCCOC)=C(O)C=C1O. The third-order valence-electron chi connectivity index (χ3n) is 2.69. The van der Waals surface area contributed by atoms with Gasteiger partial charge >= 0.3 is 0 Å².